The summed E-state index contributed by atoms with van der Waals surface area (Å²) in [5, 5.41) is 0. The van der Waals surface area contributed by atoms with Crippen molar-refractivity contribution < 1.29 is 4.74 Å². The van der Waals surface area contributed by atoms with Crippen LogP contribution in [-0.2, 0) is 5.66 Å². The van der Waals surface area contributed by atoms with Gasteiger partial charge in [-0.15, -0.1) is 0 Å². The van der Waals surface area contributed by atoms with Crippen molar-refractivity contribution in [1.29, 1.82) is 0 Å². The molecule has 0 fully saturated rings. The van der Waals surface area contributed by atoms with E-state index < -0.39 is 5.66 Å². The maximum Gasteiger partial charge on any atom is 0.170 e. The van der Waals surface area contributed by atoms with E-state index in [9.17, 15) is 0 Å². The Morgan fingerprint density at radius 3 is 1.43 bits per heavy atom. The third-order valence-electron chi connectivity index (χ3n) is 10.9. The number of fused-ring (bicyclic) bond motifs is 21. The van der Waals surface area contributed by atoms with Crippen LogP contribution in [0.1, 0.15) is 62.5 Å². The first-order valence-corrected chi connectivity index (χ1v) is 16.4. The van der Waals surface area contributed by atoms with Crippen molar-refractivity contribution in [1.82, 2.24) is 9.80 Å². The van der Waals surface area contributed by atoms with E-state index in [1.54, 1.807) is 0 Å². The highest BCUT2D eigenvalue weighted by atomic mass is 16.5. The highest BCUT2D eigenvalue weighted by Crippen LogP contribution is 2.59. The van der Waals surface area contributed by atoms with Crippen LogP contribution in [0.2, 0.25) is 0 Å². The molecule has 0 radical (unpaired) electrons. The van der Waals surface area contributed by atoms with Crippen molar-refractivity contribution in [3.05, 3.63) is 131 Å². The summed E-state index contributed by atoms with van der Waals surface area (Å²) in [6.07, 6.45) is 9.37. The largest absolute Gasteiger partial charge is 0.457 e. The van der Waals surface area contributed by atoms with Gasteiger partial charge in [-0.05, 0) is 86.8 Å². The highest BCUT2D eigenvalue weighted by Gasteiger charge is 2.58. The summed E-state index contributed by atoms with van der Waals surface area (Å²) in [4.78, 5) is 10.8. The van der Waals surface area contributed by atoms with Gasteiger partial charge in [-0.1, -0.05) is 60.7 Å². The summed E-state index contributed by atoms with van der Waals surface area (Å²) < 4.78 is 6.56. The van der Waals surface area contributed by atoms with Crippen molar-refractivity contribution in [2.45, 2.75) is 57.0 Å². The first-order chi connectivity index (χ1) is 21.8. The SMILES string of the molecule is c1cc2cc(c1)N1CN(C3=C1CCCC3)C1(c3ccccc3-c3ccccc31)N1CN(C3=C1CCCC3)c1cccc(c1)O2. The number of hydrogen-bond donors (Lipinski definition) is 0. The Morgan fingerprint density at radius 1 is 0.477 bits per heavy atom. The van der Waals surface area contributed by atoms with E-state index >= 15 is 0 Å². The number of allylic oxidation sites excluding steroid dienone is 4. The maximum atomic E-state index is 6.56. The summed E-state index contributed by atoms with van der Waals surface area (Å²) >= 11 is 0. The lowest BCUT2D eigenvalue weighted by molar-refractivity contribution is 0.0264. The average molecular weight is 577 g/mol. The molecule has 8 bridgehead atoms. The molecule has 3 aliphatic heterocycles. The van der Waals surface area contributed by atoms with Crippen LogP contribution < -0.4 is 14.5 Å². The monoisotopic (exact) mass is 576 g/mol. The molecule has 0 atom stereocenters. The molecule has 0 unspecified atom stereocenters. The van der Waals surface area contributed by atoms with Crippen molar-refractivity contribution >= 4 is 11.4 Å². The van der Waals surface area contributed by atoms with Crippen LogP contribution in [0.5, 0.6) is 11.5 Å². The van der Waals surface area contributed by atoms with E-state index in [1.165, 1.54) is 82.1 Å². The lowest BCUT2D eigenvalue weighted by Gasteiger charge is -2.51. The summed E-state index contributed by atoms with van der Waals surface area (Å²) in [6.45, 7) is 1.64. The van der Waals surface area contributed by atoms with Gasteiger partial charge < -0.3 is 24.3 Å². The minimum absolute atomic E-state index is 0.442. The zero-order chi connectivity index (χ0) is 28.8. The molecule has 5 nitrogen and oxygen atoms in total. The average Bonchev–Trinajstić information content (AvgIpc) is 3.74. The second kappa shape index (κ2) is 9.18. The molecule has 3 aliphatic carbocycles. The molecule has 0 N–H and O–H groups in total. The van der Waals surface area contributed by atoms with Gasteiger partial charge in [0.2, 0.25) is 0 Å². The van der Waals surface area contributed by atoms with E-state index in [1.807, 2.05) is 0 Å². The van der Waals surface area contributed by atoms with Crippen LogP contribution >= 0.6 is 0 Å². The third kappa shape index (κ3) is 3.25. The number of benzene rings is 4. The maximum absolute atomic E-state index is 6.56. The normalized spacial score (nSPS) is 20.7. The molecule has 0 saturated carbocycles. The minimum atomic E-state index is -0.442. The van der Waals surface area contributed by atoms with Gasteiger partial charge in [0.1, 0.15) is 11.5 Å². The second-order valence-corrected chi connectivity index (χ2v) is 13.1. The predicted molar refractivity (Wildman–Crippen MR) is 175 cm³/mol. The van der Waals surface area contributed by atoms with Crippen LogP contribution in [0.4, 0.5) is 11.4 Å². The Labute approximate surface area is 259 Å². The predicted octanol–water partition coefficient (Wildman–Crippen LogP) is 9.10. The molecule has 10 rings (SSSR count). The molecule has 3 heterocycles. The van der Waals surface area contributed by atoms with Gasteiger partial charge in [0.25, 0.3) is 0 Å². The van der Waals surface area contributed by atoms with Gasteiger partial charge in [-0.2, -0.15) is 0 Å². The molecule has 5 heteroatoms. The fourth-order valence-corrected chi connectivity index (χ4v) is 9.09. The first kappa shape index (κ1) is 24.8. The van der Waals surface area contributed by atoms with Gasteiger partial charge in [-0.3, -0.25) is 0 Å². The second-order valence-electron chi connectivity index (χ2n) is 13.1. The summed E-state index contributed by atoms with van der Waals surface area (Å²) in [5.41, 5.74) is 13.5. The fraction of sp³-hybridized carbons (Fsp3) is 0.282. The lowest BCUT2D eigenvalue weighted by Crippen LogP contribution is -2.57. The Hall–Kier alpha value is -4.64. The highest BCUT2D eigenvalue weighted by molar-refractivity contribution is 5.81. The molecule has 4 aromatic rings. The molecule has 6 aliphatic rings. The quantitative estimate of drug-likeness (QED) is 0.208. The van der Waals surface area contributed by atoms with E-state index in [2.05, 4.69) is 117 Å². The Kier molecular flexibility index (Phi) is 5.17. The van der Waals surface area contributed by atoms with E-state index in [4.69, 9.17) is 4.74 Å². The Bertz CT molecular complexity index is 1770. The standard InChI is InChI=1S/C39H36N4O/c1-3-17-33-31(15-1)32-16-2-4-18-34(32)39(33)42-25-40(35-19-5-7-21-37(35)42)27-11-9-13-29(23-27)44-30-14-10-12-28(24-30)41-26-43(39)38-22-8-6-20-36(38)41/h1-4,9-18,23-24H,5-8,19-22,25-26H2. The Balaban J connectivity index is 1.31. The van der Waals surface area contributed by atoms with Crippen molar-refractivity contribution in [3.8, 4) is 22.6 Å². The van der Waals surface area contributed by atoms with Gasteiger partial charge >= 0.3 is 0 Å². The smallest absolute Gasteiger partial charge is 0.170 e. The Morgan fingerprint density at radius 2 is 0.932 bits per heavy atom. The van der Waals surface area contributed by atoms with Gasteiger partial charge in [-0.25, -0.2) is 0 Å². The number of nitrogens with zero attached hydrogens (tertiary/aromatic N) is 4. The lowest BCUT2D eigenvalue weighted by atomic mass is 9.89. The van der Waals surface area contributed by atoms with Crippen molar-refractivity contribution in [3.63, 3.8) is 0 Å². The molecular weight excluding hydrogens is 540 g/mol. The van der Waals surface area contributed by atoms with Gasteiger partial charge in [0.05, 0.1) is 13.3 Å². The van der Waals surface area contributed by atoms with E-state index in [0.717, 1.165) is 50.5 Å². The molecule has 0 amide bonds. The van der Waals surface area contributed by atoms with Crippen molar-refractivity contribution in [2.24, 2.45) is 0 Å². The summed E-state index contributed by atoms with van der Waals surface area (Å²) in [5.74, 6) is 1.78. The van der Waals surface area contributed by atoms with Crippen LogP contribution in [0.3, 0.4) is 0 Å². The zero-order valence-electron chi connectivity index (χ0n) is 25.0. The summed E-state index contributed by atoms with van der Waals surface area (Å²) in [7, 11) is 0. The van der Waals surface area contributed by atoms with Crippen LogP contribution in [0.25, 0.3) is 11.1 Å². The topological polar surface area (TPSA) is 22.2 Å². The van der Waals surface area contributed by atoms with Crippen LogP contribution in [0, 0.1) is 0 Å². The molecular formula is C39H36N4O. The fourth-order valence-electron chi connectivity index (χ4n) is 9.09. The summed E-state index contributed by atoms with van der Waals surface area (Å²) in [6, 6.07) is 36.0. The number of ether oxygens (including phenoxy) is 1. The number of anilines is 2. The molecule has 1 spiro atoms. The van der Waals surface area contributed by atoms with Gasteiger partial charge in [0, 0.05) is 57.4 Å². The van der Waals surface area contributed by atoms with E-state index in [-0.39, 0.29) is 0 Å². The number of rotatable bonds is 0. The molecule has 0 aromatic heterocycles. The molecule has 4 aromatic carbocycles. The molecule has 218 valence electrons. The van der Waals surface area contributed by atoms with Crippen molar-refractivity contribution in [2.75, 3.05) is 23.1 Å². The van der Waals surface area contributed by atoms with Crippen LogP contribution in [-0.4, -0.2) is 23.1 Å². The minimum Gasteiger partial charge on any atom is -0.457 e. The third-order valence-corrected chi connectivity index (χ3v) is 10.9. The van der Waals surface area contributed by atoms with E-state index in [0.29, 0.717) is 0 Å². The number of hydrogen-bond acceptors (Lipinski definition) is 5. The first-order valence-electron chi connectivity index (χ1n) is 16.4. The van der Waals surface area contributed by atoms with Crippen LogP contribution in [0.15, 0.2) is 120 Å². The molecule has 0 saturated heterocycles. The molecule has 44 heavy (non-hydrogen) atoms. The zero-order valence-corrected chi connectivity index (χ0v) is 25.0. The van der Waals surface area contributed by atoms with Gasteiger partial charge in [0.15, 0.2) is 5.66 Å².